The first-order valence-corrected chi connectivity index (χ1v) is 19.6. The number of fused-ring (bicyclic) bond motifs is 6. The Morgan fingerprint density at radius 2 is 0.925 bits per heavy atom. The second kappa shape index (κ2) is 12.6. The summed E-state index contributed by atoms with van der Waals surface area (Å²) in [5.41, 5.74) is 8.59. The van der Waals surface area contributed by atoms with Gasteiger partial charge in [0, 0.05) is 48.7 Å². The highest BCUT2D eigenvalue weighted by Gasteiger charge is 2.29. The summed E-state index contributed by atoms with van der Waals surface area (Å²) in [6, 6.07) is 69.0. The van der Waals surface area contributed by atoms with E-state index in [4.69, 9.17) is 4.98 Å². The standard InChI is InChI=1S/C49H33N2OP/c52-53(38-19-9-3-10-20-38,39-21-11-4-12-22-39)40-28-25-34(26-29-40)36-27-30-42-44-32-43-41-23-13-14-24-46(41)50-49(35-15-5-1-6-16-35)45(43)33-48(44)51(47(42)31-36)37-17-7-2-8-18-37/h1-33H. The number of hydrogen-bond acceptors (Lipinski definition) is 2. The van der Waals surface area contributed by atoms with Gasteiger partial charge in [-0.15, -0.1) is 0 Å². The zero-order chi connectivity index (χ0) is 35.4. The molecule has 4 heteroatoms. The van der Waals surface area contributed by atoms with Crippen LogP contribution in [-0.2, 0) is 4.57 Å². The van der Waals surface area contributed by atoms with Crippen molar-refractivity contribution in [2.75, 3.05) is 0 Å². The molecule has 0 aliphatic heterocycles. The summed E-state index contributed by atoms with van der Waals surface area (Å²) in [5, 5.41) is 8.32. The summed E-state index contributed by atoms with van der Waals surface area (Å²) in [6.07, 6.45) is 0. The summed E-state index contributed by atoms with van der Waals surface area (Å²) in [6.45, 7) is 0. The van der Waals surface area contributed by atoms with Crippen LogP contribution >= 0.6 is 7.14 Å². The first-order chi connectivity index (χ1) is 26.2. The van der Waals surface area contributed by atoms with Gasteiger partial charge in [-0.1, -0.05) is 164 Å². The number of hydrogen-bond donors (Lipinski definition) is 0. The van der Waals surface area contributed by atoms with Crippen LogP contribution in [0.2, 0.25) is 0 Å². The Labute approximate surface area is 307 Å². The zero-order valence-corrected chi connectivity index (χ0v) is 29.7. The highest BCUT2D eigenvalue weighted by atomic mass is 31.2. The molecule has 0 atom stereocenters. The fraction of sp³-hybridized carbons (Fsp3) is 0. The summed E-state index contributed by atoms with van der Waals surface area (Å²) in [7, 11) is -3.07. The van der Waals surface area contributed by atoms with Crippen LogP contribution in [0.1, 0.15) is 0 Å². The topological polar surface area (TPSA) is 34.9 Å². The second-order valence-corrected chi connectivity index (χ2v) is 16.3. The van der Waals surface area contributed by atoms with E-state index < -0.39 is 7.14 Å². The van der Waals surface area contributed by atoms with E-state index in [1.54, 1.807) is 0 Å². The van der Waals surface area contributed by atoms with Gasteiger partial charge in [-0.3, -0.25) is 0 Å². The van der Waals surface area contributed by atoms with Crippen molar-refractivity contribution < 1.29 is 4.57 Å². The van der Waals surface area contributed by atoms with Gasteiger partial charge in [0.1, 0.15) is 0 Å². The van der Waals surface area contributed by atoms with Crippen LogP contribution < -0.4 is 15.9 Å². The zero-order valence-electron chi connectivity index (χ0n) is 28.8. The minimum absolute atomic E-state index is 0.819. The van der Waals surface area contributed by atoms with Crippen LogP contribution in [0.25, 0.3) is 71.6 Å². The Hall–Kier alpha value is -6.54. The van der Waals surface area contributed by atoms with Crippen molar-refractivity contribution >= 4 is 66.5 Å². The van der Waals surface area contributed by atoms with Crippen molar-refractivity contribution in [1.82, 2.24) is 9.55 Å². The largest absolute Gasteiger partial charge is 0.309 e. The highest BCUT2D eigenvalue weighted by Crippen LogP contribution is 2.44. The van der Waals surface area contributed by atoms with Crippen LogP contribution in [0.5, 0.6) is 0 Å². The first-order valence-electron chi connectivity index (χ1n) is 17.9. The van der Waals surface area contributed by atoms with Crippen molar-refractivity contribution in [3.05, 3.63) is 200 Å². The van der Waals surface area contributed by atoms with Crippen molar-refractivity contribution in [1.29, 1.82) is 0 Å². The predicted molar refractivity (Wildman–Crippen MR) is 224 cm³/mol. The van der Waals surface area contributed by atoms with Crippen LogP contribution in [0, 0.1) is 0 Å². The third-order valence-corrected chi connectivity index (χ3v) is 13.5. The maximum Gasteiger partial charge on any atom is 0.171 e. The first kappa shape index (κ1) is 31.2. The smallest absolute Gasteiger partial charge is 0.171 e. The fourth-order valence-corrected chi connectivity index (χ4v) is 10.5. The van der Waals surface area contributed by atoms with Crippen LogP contribution in [0.15, 0.2) is 200 Å². The third kappa shape index (κ3) is 5.12. The van der Waals surface area contributed by atoms with Gasteiger partial charge in [-0.2, -0.15) is 0 Å². The molecule has 0 amide bonds. The van der Waals surface area contributed by atoms with Gasteiger partial charge in [-0.05, 0) is 52.9 Å². The SMILES string of the molecule is O=P(c1ccccc1)(c1ccccc1)c1ccc(-c2ccc3c4cc5c(cc4n(-c4ccccc4)c3c2)c(-c2ccccc2)nc2ccccc25)cc1. The lowest BCUT2D eigenvalue weighted by molar-refractivity contribution is 0.592. The molecule has 250 valence electrons. The van der Waals surface area contributed by atoms with E-state index in [0.29, 0.717) is 0 Å². The normalized spacial score (nSPS) is 11.8. The molecule has 0 spiro atoms. The fourth-order valence-electron chi connectivity index (χ4n) is 7.90. The van der Waals surface area contributed by atoms with E-state index in [9.17, 15) is 0 Å². The molecular weight excluding hydrogens is 664 g/mol. The van der Waals surface area contributed by atoms with E-state index in [0.717, 1.165) is 71.3 Å². The molecule has 3 nitrogen and oxygen atoms in total. The van der Waals surface area contributed by atoms with Gasteiger partial charge in [0.15, 0.2) is 7.14 Å². The Morgan fingerprint density at radius 3 is 1.60 bits per heavy atom. The van der Waals surface area contributed by atoms with Gasteiger partial charge in [0.05, 0.1) is 22.2 Å². The number of nitrogens with zero attached hydrogens (tertiary/aromatic N) is 2. The highest BCUT2D eigenvalue weighted by molar-refractivity contribution is 7.85. The van der Waals surface area contributed by atoms with E-state index in [-0.39, 0.29) is 0 Å². The number of pyridine rings is 1. The molecule has 10 aromatic rings. The van der Waals surface area contributed by atoms with Crippen molar-refractivity contribution in [3.63, 3.8) is 0 Å². The number of rotatable bonds is 6. The summed E-state index contributed by atoms with van der Waals surface area (Å²) < 4.78 is 17.4. The van der Waals surface area contributed by atoms with E-state index in [2.05, 4.69) is 132 Å². The lowest BCUT2D eigenvalue weighted by atomic mass is 9.97. The minimum atomic E-state index is -3.07. The average Bonchev–Trinajstić information content (AvgIpc) is 3.56. The van der Waals surface area contributed by atoms with Crippen molar-refractivity contribution in [3.8, 4) is 28.1 Å². The molecular formula is C49H33N2OP. The molecule has 53 heavy (non-hydrogen) atoms. The Morgan fingerprint density at radius 1 is 0.377 bits per heavy atom. The van der Waals surface area contributed by atoms with Crippen molar-refractivity contribution in [2.45, 2.75) is 0 Å². The van der Waals surface area contributed by atoms with Crippen LogP contribution in [0.4, 0.5) is 0 Å². The van der Waals surface area contributed by atoms with Gasteiger partial charge in [-0.25, -0.2) is 4.98 Å². The predicted octanol–water partition coefficient (Wildman–Crippen LogP) is 11.5. The maximum absolute atomic E-state index is 15.0. The molecule has 0 saturated heterocycles. The number of aromatic nitrogens is 2. The molecule has 0 fully saturated rings. The third-order valence-electron chi connectivity index (χ3n) is 10.5. The Kier molecular flexibility index (Phi) is 7.42. The minimum Gasteiger partial charge on any atom is -0.309 e. The van der Waals surface area contributed by atoms with Crippen molar-refractivity contribution in [2.24, 2.45) is 0 Å². The van der Waals surface area contributed by atoms with E-state index in [1.165, 1.54) is 16.2 Å². The Bertz CT molecular complexity index is 2950. The second-order valence-electron chi connectivity index (χ2n) is 13.5. The summed E-state index contributed by atoms with van der Waals surface area (Å²) in [5.74, 6) is 0. The lowest BCUT2D eigenvalue weighted by Crippen LogP contribution is -2.24. The van der Waals surface area contributed by atoms with Gasteiger partial charge in [0.2, 0.25) is 0 Å². The number of benzene rings is 8. The van der Waals surface area contributed by atoms with Gasteiger partial charge < -0.3 is 9.13 Å². The van der Waals surface area contributed by atoms with Gasteiger partial charge in [0.25, 0.3) is 0 Å². The van der Waals surface area contributed by atoms with E-state index >= 15 is 4.57 Å². The molecule has 0 aliphatic carbocycles. The molecule has 2 aromatic heterocycles. The molecule has 0 saturated carbocycles. The quantitative estimate of drug-likeness (QED) is 0.128. The van der Waals surface area contributed by atoms with Crippen LogP contribution in [0.3, 0.4) is 0 Å². The molecule has 0 unspecified atom stereocenters. The molecule has 0 bridgehead atoms. The molecule has 2 heterocycles. The molecule has 8 aromatic carbocycles. The summed E-state index contributed by atoms with van der Waals surface area (Å²) >= 11 is 0. The van der Waals surface area contributed by atoms with Gasteiger partial charge >= 0.3 is 0 Å². The maximum atomic E-state index is 15.0. The summed E-state index contributed by atoms with van der Waals surface area (Å²) in [4.78, 5) is 5.22. The number of para-hydroxylation sites is 2. The van der Waals surface area contributed by atoms with E-state index in [1.807, 2.05) is 72.8 Å². The molecule has 0 aliphatic rings. The molecule has 0 N–H and O–H groups in total. The lowest BCUT2D eigenvalue weighted by Gasteiger charge is -2.20. The molecule has 10 rings (SSSR count). The monoisotopic (exact) mass is 696 g/mol. The molecule has 0 radical (unpaired) electrons. The van der Waals surface area contributed by atoms with Crippen LogP contribution in [-0.4, -0.2) is 9.55 Å². The average molecular weight is 697 g/mol. The Balaban J connectivity index is 1.19.